The van der Waals surface area contributed by atoms with E-state index in [2.05, 4.69) is 15.6 Å². The fourth-order valence-electron chi connectivity index (χ4n) is 2.26. The number of hydrogen-bond acceptors (Lipinski definition) is 6. The van der Waals surface area contributed by atoms with E-state index in [1.807, 2.05) is 22.6 Å². The van der Waals surface area contributed by atoms with Gasteiger partial charge < -0.3 is 9.15 Å². The minimum absolute atomic E-state index is 0.353. The van der Waals surface area contributed by atoms with Gasteiger partial charge in [0.25, 0.3) is 5.91 Å². The topological polar surface area (TPSA) is 98.7 Å². The van der Waals surface area contributed by atoms with Crippen LogP contribution in [0, 0.1) is 10.5 Å². The van der Waals surface area contributed by atoms with Gasteiger partial charge in [0.2, 0.25) is 0 Å². The quantitative estimate of drug-likeness (QED) is 0.200. The van der Waals surface area contributed by atoms with Gasteiger partial charge in [0.15, 0.2) is 5.69 Å². The summed E-state index contributed by atoms with van der Waals surface area (Å²) in [6.07, 6.45) is 4.53. The number of carbonyl (C=O) groups excluding carboxylic acids is 2. The molecule has 0 radical (unpaired) electrons. The summed E-state index contributed by atoms with van der Waals surface area (Å²) < 4.78 is 12.6. The predicted molar refractivity (Wildman–Crippen MR) is 106 cm³/mol. The van der Waals surface area contributed by atoms with Crippen molar-refractivity contribution in [2.75, 3.05) is 0 Å². The van der Waals surface area contributed by atoms with Gasteiger partial charge in [-0.3, -0.25) is 9.48 Å². The van der Waals surface area contributed by atoms with Gasteiger partial charge in [-0.2, -0.15) is 10.2 Å². The summed E-state index contributed by atoms with van der Waals surface area (Å²) in [6.45, 7) is 1.70. The van der Waals surface area contributed by atoms with Gasteiger partial charge in [-0.05, 0) is 65.4 Å². The number of hydrogen-bond donors (Lipinski definition) is 1. The van der Waals surface area contributed by atoms with Gasteiger partial charge in [0.05, 0.1) is 27.8 Å². The molecule has 138 valence electrons. The van der Waals surface area contributed by atoms with Crippen molar-refractivity contribution in [3.8, 4) is 5.75 Å². The van der Waals surface area contributed by atoms with Gasteiger partial charge in [-0.25, -0.2) is 10.2 Å². The molecule has 1 N–H and O–H groups in total. The number of nitrogens with one attached hydrogen (secondary N) is 1. The van der Waals surface area contributed by atoms with Crippen molar-refractivity contribution in [2.24, 2.45) is 12.1 Å². The average Bonchev–Trinajstić information content (AvgIpc) is 3.21. The Hall–Kier alpha value is -2.95. The van der Waals surface area contributed by atoms with Crippen molar-refractivity contribution in [2.45, 2.75) is 6.92 Å². The fourth-order valence-corrected chi connectivity index (χ4v) is 2.96. The second-order valence-electron chi connectivity index (χ2n) is 5.51. The number of hydrazone groups is 1. The summed E-state index contributed by atoms with van der Waals surface area (Å²) in [5, 5.41) is 7.92. The number of halogens is 1. The standard InChI is InChI=1S/C18H15IN4O4/c1-11-14(7-8-26-11)17(24)22-20-9-12-3-5-13(6-4-12)27-18(25)16-15(19)10-21-23(16)2/h3-10H,1-2H3,(H,22,24). The number of esters is 1. The molecule has 2 heterocycles. The smallest absolute Gasteiger partial charge is 0.363 e. The van der Waals surface area contributed by atoms with E-state index in [1.165, 1.54) is 17.2 Å². The number of carbonyl (C=O) groups is 2. The summed E-state index contributed by atoms with van der Waals surface area (Å²) in [5.74, 6) is 0.0848. The first-order valence-corrected chi connectivity index (χ1v) is 8.91. The average molecular weight is 478 g/mol. The fraction of sp³-hybridized carbons (Fsp3) is 0.111. The second-order valence-corrected chi connectivity index (χ2v) is 6.68. The molecule has 0 atom stereocenters. The SMILES string of the molecule is Cc1occc1C(=O)NN=Cc1ccc(OC(=O)c2c(I)cnn2C)cc1. The van der Waals surface area contributed by atoms with Gasteiger partial charge >= 0.3 is 5.97 Å². The van der Waals surface area contributed by atoms with Crippen molar-refractivity contribution in [3.63, 3.8) is 0 Å². The molecule has 0 unspecified atom stereocenters. The van der Waals surface area contributed by atoms with Crippen molar-refractivity contribution in [1.82, 2.24) is 15.2 Å². The van der Waals surface area contributed by atoms with Crippen molar-refractivity contribution in [3.05, 3.63) is 68.9 Å². The van der Waals surface area contributed by atoms with Crippen LogP contribution >= 0.6 is 22.6 Å². The Labute approximate surface area is 168 Å². The number of nitrogens with zero attached hydrogens (tertiary/aromatic N) is 3. The van der Waals surface area contributed by atoms with Crippen LogP contribution in [0.2, 0.25) is 0 Å². The molecule has 27 heavy (non-hydrogen) atoms. The van der Waals surface area contributed by atoms with Crippen LogP contribution in [-0.4, -0.2) is 27.9 Å². The monoisotopic (exact) mass is 478 g/mol. The lowest BCUT2D eigenvalue weighted by Crippen LogP contribution is -2.17. The molecule has 0 spiro atoms. The molecule has 1 amide bonds. The Morgan fingerprint density at radius 3 is 2.63 bits per heavy atom. The third-order valence-corrected chi connectivity index (χ3v) is 4.45. The van der Waals surface area contributed by atoms with Crippen molar-refractivity contribution < 1.29 is 18.7 Å². The zero-order valence-corrected chi connectivity index (χ0v) is 16.6. The highest BCUT2D eigenvalue weighted by Gasteiger charge is 2.17. The molecule has 0 bridgehead atoms. The molecule has 1 aromatic carbocycles. The van der Waals surface area contributed by atoms with E-state index in [4.69, 9.17) is 9.15 Å². The maximum atomic E-state index is 12.2. The third-order valence-electron chi connectivity index (χ3n) is 3.66. The molecule has 0 saturated carbocycles. The minimum Gasteiger partial charge on any atom is -0.469 e. The van der Waals surface area contributed by atoms with Crippen molar-refractivity contribution in [1.29, 1.82) is 0 Å². The molecule has 0 saturated heterocycles. The van der Waals surface area contributed by atoms with E-state index in [-0.39, 0.29) is 5.91 Å². The number of aryl methyl sites for hydroxylation is 2. The van der Waals surface area contributed by atoms with Crippen LogP contribution in [0.4, 0.5) is 0 Å². The second kappa shape index (κ2) is 8.16. The molecule has 0 aliphatic carbocycles. The summed E-state index contributed by atoms with van der Waals surface area (Å²) in [7, 11) is 1.68. The highest BCUT2D eigenvalue weighted by atomic mass is 127. The predicted octanol–water partition coefficient (Wildman–Crippen LogP) is 2.91. The summed E-state index contributed by atoms with van der Waals surface area (Å²) in [6, 6.07) is 8.30. The maximum Gasteiger partial charge on any atom is 0.363 e. The van der Waals surface area contributed by atoms with Gasteiger partial charge in [0.1, 0.15) is 11.5 Å². The molecule has 3 aromatic rings. The number of benzene rings is 1. The molecule has 0 aliphatic rings. The highest BCUT2D eigenvalue weighted by molar-refractivity contribution is 14.1. The van der Waals surface area contributed by atoms with E-state index < -0.39 is 5.97 Å². The van der Waals surface area contributed by atoms with Gasteiger partial charge in [-0.1, -0.05) is 0 Å². The number of furan rings is 1. The lowest BCUT2D eigenvalue weighted by Gasteiger charge is -2.05. The Kier molecular flexibility index (Phi) is 5.69. The van der Waals surface area contributed by atoms with Crippen LogP contribution in [0.1, 0.15) is 32.2 Å². The van der Waals surface area contributed by atoms with E-state index in [0.717, 1.165) is 5.56 Å². The van der Waals surface area contributed by atoms with E-state index in [9.17, 15) is 9.59 Å². The van der Waals surface area contributed by atoms with Gasteiger partial charge in [0, 0.05) is 7.05 Å². The lowest BCUT2D eigenvalue weighted by atomic mass is 10.2. The zero-order valence-electron chi connectivity index (χ0n) is 14.5. The first-order chi connectivity index (χ1) is 13.0. The van der Waals surface area contributed by atoms with E-state index in [1.54, 1.807) is 50.5 Å². The number of ether oxygens (including phenoxy) is 1. The molecule has 2 aromatic heterocycles. The Bertz CT molecular complexity index is 985. The molecule has 0 fully saturated rings. The molecule has 0 aliphatic heterocycles. The first kappa shape index (κ1) is 18.8. The lowest BCUT2D eigenvalue weighted by molar-refractivity contribution is 0.0721. The van der Waals surface area contributed by atoms with Gasteiger partial charge in [-0.15, -0.1) is 0 Å². The summed E-state index contributed by atoms with van der Waals surface area (Å²) >= 11 is 2.03. The molecule has 3 rings (SSSR count). The van der Waals surface area contributed by atoms with Crippen molar-refractivity contribution >= 4 is 40.7 Å². The minimum atomic E-state index is -0.483. The van der Waals surface area contributed by atoms with Crippen LogP contribution in [0.15, 0.2) is 52.3 Å². The maximum absolute atomic E-state index is 12.2. The zero-order chi connectivity index (χ0) is 19.4. The summed E-state index contributed by atoms with van der Waals surface area (Å²) in [4.78, 5) is 24.1. The first-order valence-electron chi connectivity index (χ1n) is 7.83. The third kappa shape index (κ3) is 4.42. The number of amides is 1. The molecular formula is C18H15IN4O4. The van der Waals surface area contributed by atoms with Crippen LogP contribution in [0.5, 0.6) is 5.75 Å². The normalized spacial score (nSPS) is 10.9. The van der Waals surface area contributed by atoms with Crippen LogP contribution in [0.3, 0.4) is 0 Å². The van der Waals surface area contributed by atoms with Crippen LogP contribution < -0.4 is 10.2 Å². The van der Waals surface area contributed by atoms with E-state index >= 15 is 0 Å². The Morgan fingerprint density at radius 1 is 1.30 bits per heavy atom. The van der Waals surface area contributed by atoms with E-state index in [0.29, 0.717) is 26.3 Å². The Balaban J connectivity index is 1.59. The van der Waals surface area contributed by atoms with Crippen LogP contribution in [-0.2, 0) is 7.05 Å². The number of rotatable bonds is 5. The van der Waals surface area contributed by atoms with Crippen LogP contribution in [0.25, 0.3) is 0 Å². The highest BCUT2D eigenvalue weighted by Crippen LogP contribution is 2.16. The Morgan fingerprint density at radius 2 is 2.04 bits per heavy atom. The molecular weight excluding hydrogens is 463 g/mol. The molecule has 9 heteroatoms. The largest absolute Gasteiger partial charge is 0.469 e. The number of aromatic nitrogens is 2. The molecule has 8 nitrogen and oxygen atoms in total. The summed E-state index contributed by atoms with van der Waals surface area (Å²) in [5.41, 5.74) is 3.97.